The summed E-state index contributed by atoms with van der Waals surface area (Å²) in [4.78, 5) is 19.4. The van der Waals surface area contributed by atoms with E-state index in [1.54, 1.807) is 20.2 Å². The van der Waals surface area contributed by atoms with Crippen LogP contribution in [0, 0.1) is 13.8 Å². The van der Waals surface area contributed by atoms with Gasteiger partial charge in [0, 0.05) is 17.3 Å². The maximum atomic E-state index is 10.9. The Balaban J connectivity index is 2.52. The molecule has 0 atom stereocenters. The molecule has 5 heteroatoms. The summed E-state index contributed by atoms with van der Waals surface area (Å²) in [7, 11) is 1.62. The van der Waals surface area contributed by atoms with E-state index < -0.39 is 5.97 Å². The van der Waals surface area contributed by atoms with E-state index in [1.165, 1.54) is 0 Å². The summed E-state index contributed by atoms with van der Waals surface area (Å²) < 4.78 is 5.23. The van der Waals surface area contributed by atoms with Crippen LogP contribution in [0.4, 0.5) is 0 Å². The molecule has 0 saturated carbocycles. The Morgan fingerprint density at radius 1 is 1.35 bits per heavy atom. The molecule has 2 aromatic rings. The smallest absolute Gasteiger partial charge is 0.307 e. The molecule has 0 radical (unpaired) electrons. The van der Waals surface area contributed by atoms with Crippen molar-refractivity contribution in [2.24, 2.45) is 0 Å². The normalized spacial score (nSPS) is 10.3. The van der Waals surface area contributed by atoms with Gasteiger partial charge < -0.3 is 9.84 Å². The number of hydrogen-bond donors (Lipinski definition) is 1. The van der Waals surface area contributed by atoms with Gasteiger partial charge in [-0.05, 0) is 37.6 Å². The van der Waals surface area contributed by atoms with Crippen molar-refractivity contribution in [3.05, 3.63) is 41.3 Å². The molecule has 0 unspecified atom stereocenters. The fourth-order valence-electron chi connectivity index (χ4n) is 2.06. The number of benzene rings is 1. The lowest BCUT2D eigenvalue weighted by Crippen LogP contribution is -2.05. The van der Waals surface area contributed by atoms with Gasteiger partial charge in [-0.2, -0.15) is 0 Å². The minimum atomic E-state index is -0.899. The second kappa shape index (κ2) is 5.69. The first-order chi connectivity index (χ1) is 9.51. The molecule has 1 heterocycles. The Morgan fingerprint density at radius 2 is 2.10 bits per heavy atom. The quantitative estimate of drug-likeness (QED) is 0.925. The lowest BCUT2D eigenvalue weighted by Gasteiger charge is -2.10. The molecule has 0 aliphatic rings. The van der Waals surface area contributed by atoms with Crippen molar-refractivity contribution >= 4 is 5.97 Å². The Morgan fingerprint density at radius 3 is 2.70 bits per heavy atom. The molecule has 0 aliphatic heterocycles. The van der Waals surface area contributed by atoms with Gasteiger partial charge >= 0.3 is 5.97 Å². The molecule has 0 fully saturated rings. The van der Waals surface area contributed by atoms with E-state index >= 15 is 0 Å². The van der Waals surface area contributed by atoms with Gasteiger partial charge in [0.25, 0.3) is 0 Å². The number of hydrogen-bond acceptors (Lipinski definition) is 4. The van der Waals surface area contributed by atoms with Crippen molar-refractivity contribution in [1.82, 2.24) is 9.97 Å². The molecular formula is C15H16N2O3. The number of methoxy groups -OCH3 is 1. The first kappa shape index (κ1) is 14.0. The van der Waals surface area contributed by atoms with Gasteiger partial charge in [-0.1, -0.05) is 0 Å². The molecule has 1 aromatic heterocycles. The molecular weight excluding hydrogens is 256 g/mol. The van der Waals surface area contributed by atoms with Gasteiger partial charge in [-0.15, -0.1) is 0 Å². The van der Waals surface area contributed by atoms with E-state index in [9.17, 15) is 4.79 Å². The van der Waals surface area contributed by atoms with Crippen LogP contribution in [0.5, 0.6) is 5.75 Å². The predicted octanol–water partition coefficient (Wildman–Crippen LogP) is 2.40. The van der Waals surface area contributed by atoms with Gasteiger partial charge in [0.2, 0.25) is 0 Å². The van der Waals surface area contributed by atoms with Crippen molar-refractivity contribution in [3.8, 4) is 17.0 Å². The van der Waals surface area contributed by atoms with Crippen LogP contribution in [-0.4, -0.2) is 28.2 Å². The number of carbonyl (C=O) groups is 1. The van der Waals surface area contributed by atoms with Crippen LogP contribution in [0.3, 0.4) is 0 Å². The standard InChI is InChI=1S/C15H16N2O3/c1-9-6-11(4-5-13(9)20-3)15-12(7-14(18)19)8-16-10(2)17-15/h4-6,8H,7H2,1-3H3,(H,18,19). The topological polar surface area (TPSA) is 72.3 Å². The lowest BCUT2D eigenvalue weighted by atomic mass is 10.0. The number of rotatable bonds is 4. The maximum Gasteiger partial charge on any atom is 0.307 e. The van der Waals surface area contributed by atoms with Gasteiger partial charge in [0.05, 0.1) is 19.2 Å². The molecule has 0 spiro atoms. The van der Waals surface area contributed by atoms with Crippen molar-refractivity contribution in [3.63, 3.8) is 0 Å². The highest BCUT2D eigenvalue weighted by Crippen LogP contribution is 2.27. The van der Waals surface area contributed by atoms with Crippen LogP contribution in [0.2, 0.25) is 0 Å². The summed E-state index contributed by atoms with van der Waals surface area (Å²) in [6, 6.07) is 5.66. The van der Waals surface area contributed by atoms with E-state index in [0.29, 0.717) is 17.1 Å². The highest BCUT2D eigenvalue weighted by molar-refractivity contribution is 5.75. The second-order valence-electron chi connectivity index (χ2n) is 4.55. The van der Waals surface area contributed by atoms with Crippen molar-refractivity contribution in [2.75, 3.05) is 7.11 Å². The fraction of sp³-hybridized carbons (Fsp3) is 0.267. The maximum absolute atomic E-state index is 10.9. The molecule has 5 nitrogen and oxygen atoms in total. The minimum Gasteiger partial charge on any atom is -0.496 e. The number of nitrogens with zero attached hydrogens (tertiary/aromatic N) is 2. The average Bonchev–Trinajstić information content (AvgIpc) is 2.40. The Bertz CT molecular complexity index is 654. The first-order valence-corrected chi connectivity index (χ1v) is 6.20. The van der Waals surface area contributed by atoms with E-state index in [2.05, 4.69) is 9.97 Å². The van der Waals surface area contributed by atoms with Gasteiger partial charge in [0.15, 0.2) is 0 Å². The van der Waals surface area contributed by atoms with Gasteiger partial charge in [-0.3, -0.25) is 4.79 Å². The fourth-order valence-corrected chi connectivity index (χ4v) is 2.06. The number of carboxylic acid groups (broad SMARTS) is 1. The van der Waals surface area contributed by atoms with E-state index in [0.717, 1.165) is 16.9 Å². The third-order valence-corrected chi connectivity index (χ3v) is 2.99. The summed E-state index contributed by atoms with van der Waals surface area (Å²) in [6.45, 7) is 3.72. The molecule has 1 N–H and O–H groups in total. The van der Waals surface area contributed by atoms with E-state index in [-0.39, 0.29) is 6.42 Å². The largest absolute Gasteiger partial charge is 0.496 e. The zero-order chi connectivity index (χ0) is 14.7. The highest BCUT2D eigenvalue weighted by atomic mass is 16.5. The third-order valence-electron chi connectivity index (χ3n) is 2.99. The van der Waals surface area contributed by atoms with Gasteiger partial charge in [-0.25, -0.2) is 9.97 Å². The number of aryl methyl sites for hydroxylation is 2. The summed E-state index contributed by atoms with van der Waals surface area (Å²) in [5.74, 6) is 0.505. The predicted molar refractivity (Wildman–Crippen MR) is 74.8 cm³/mol. The van der Waals surface area contributed by atoms with E-state index in [1.807, 2.05) is 25.1 Å². The molecule has 0 amide bonds. The molecule has 0 saturated heterocycles. The zero-order valence-electron chi connectivity index (χ0n) is 11.7. The Hall–Kier alpha value is -2.43. The zero-order valence-corrected chi connectivity index (χ0v) is 11.7. The van der Waals surface area contributed by atoms with Crippen molar-refractivity contribution < 1.29 is 14.6 Å². The second-order valence-corrected chi connectivity index (χ2v) is 4.55. The number of aromatic nitrogens is 2. The van der Waals surface area contributed by atoms with Crippen LogP contribution >= 0.6 is 0 Å². The van der Waals surface area contributed by atoms with Crippen LogP contribution in [-0.2, 0) is 11.2 Å². The number of ether oxygens (including phenoxy) is 1. The average molecular weight is 272 g/mol. The van der Waals surface area contributed by atoms with Crippen LogP contribution in [0.15, 0.2) is 24.4 Å². The van der Waals surface area contributed by atoms with Crippen molar-refractivity contribution in [1.29, 1.82) is 0 Å². The van der Waals surface area contributed by atoms with Crippen LogP contribution < -0.4 is 4.74 Å². The van der Waals surface area contributed by atoms with Crippen LogP contribution in [0.25, 0.3) is 11.3 Å². The number of carboxylic acids is 1. The SMILES string of the molecule is COc1ccc(-c2nc(C)ncc2CC(=O)O)cc1C. The summed E-state index contributed by atoms with van der Waals surface area (Å²) >= 11 is 0. The molecule has 2 rings (SSSR count). The monoisotopic (exact) mass is 272 g/mol. The Labute approximate surface area is 117 Å². The summed E-state index contributed by atoms with van der Waals surface area (Å²) in [5, 5.41) is 8.97. The lowest BCUT2D eigenvalue weighted by molar-refractivity contribution is -0.136. The number of aliphatic carboxylic acids is 1. The molecule has 20 heavy (non-hydrogen) atoms. The van der Waals surface area contributed by atoms with Crippen molar-refractivity contribution in [2.45, 2.75) is 20.3 Å². The third kappa shape index (κ3) is 2.93. The molecule has 104 valence electrons. The Kier molecular flexibility index (Phi) is 3.98. The minimum absolute atomic E-state index is 0.0965. The van der Waals surface area contributed by atoms with Crippen LogP contribution in [0.1, 0.15) is 17.0 Å². The molecule has 0 bridgehead atoms. The summed E-state index contributed by atoms with van der Waals surface area (Å²) in [5.41, 5.74) is 3.10. The van der Waals surface area contributed by atoms with E-state index in [4.69, 9.17) is 9.84 Å². The molecule has 1 aromatic carbocycles. The highest BCUT2D eigenvalue weighted by Gasteiger charge is 2.12. The van der Waals surface area contributed by atoms with Gasteiger partial charge in [0.1, 0.15) is 11.6 Å². The molecule has 0 aliphatic carbocycles. The first-order valence-electron chi connectivity index (χ1n) is 6.20. The summed E-state index contributed by atoms with van der Waals surface area (Å²) in [6.07, 6.45) is 1.48.